The molecular formula is C18H20ClN5O3. The Balaban J connectivity index is 1.55. The van der Waals surface area contributed by atoms with Crippen LogP contribution in [0.2, 0.25) is 5.28 Å². The Labute approximate surface area is 160 Å². The number of aromatic nitrogens is 3. The van der Waals surface area contributed by atoms with Crippen molar-refractivity contribution in [1.29, 1.82) is 0 Å². The maximum atomic E-state index is 12.1. The average Bonchev–Trinajstić information content (AvgIpc) is 3.36. The van der Waals surface area contributed by atoms with E-state index in [1.54, 1.807) is 19.2 Å². The van der Waals surface area contributed by atoms with Crippen molar-refractivity contribution in [2.45, 2.75) is 25.3 Å². The quantitative estimate of drug-likeness (QED) is 0.737. The smallest absolute Gasteiger partial charge is 0.308 e. The number of nitrogens with one attached hydrogen (secondary N) is 2. The molecule has 2 aromatic heterocycles. The summed E-state index contributed by atoms with van der Waals surface area (Å²) in [4.78, 5) is 28.4. The van der Waals surface area contributed by atoms with Gasteiger partial charge in [-0.25, -0.2) is 4.52 Å². The van der Waals surface area contributed by atoms with Crippen LogP contribution in [0, 0.1) is 29.6 Å². The minimum atomic E-state index is -0.745. The van der Waals surface area contributed by atoms with Gasteiger partial charge in [0.05, 0.1) is 5.92 Å². The van der Waals surface area contributed by atoms with Gasteiger partial charge in [0.1, 0.15) is 11.2 Å². The number of carboxylic acid groups (broad SMARTS) is 1. The first-order valence-electron chi connectivity index (χ1n) is 9.26. The minimum Gasteiger partial charge on any atom is -0.481 e. The van der Waals surface area contributed by atoms with Crippen LogP contribution in [-0.2, 0) is 4.79 Å². The summed E-state index contributed by atoms with van der Waals surface area (Å²) in [5, 5.41) is 20.0. The third kappa shape index (κ3) is 2.42. The van der Waals surface area contributed by atoms with Crippen molar-refractivity contribution < 1.29 is 14.7 Å². The maximum absolute atomic E-state index is 12.1. The van der Waals surface area contributed by atoms with E-state index >= 15 is 0 Å². The lowest BCUT2D eigenvalue weighted by Gasteiger charge is -2.46. The standard InChI is InChI=1S/C18H20ClN5O3/c1-20-16(25)12-5-4-11-15(22-18(19)23-24(11)12)21-14-8-3-2-7(9-6-10(8)9)13(14)17(26)27/h4-5,7-10,13-14H,2-3,6H2,1H3,(H,20,25)(H,26,27)(H,21,22,23)/t7-,8+,9?,10?,13-,14-/m0/s1. The first kappa shape index (κ1) is 16.8. The maximum Gasteiger partial charge on any atom is 0.308 e. The summed E-state index contributed by atoms with van der Waals surface area (Å²) in [5.41, 5.74) is 0.956. The molecule has 1 amide bonds. The van der Waals surface area contributed by atoms with Crippen LogP contribution in [0.4, 0.5) is 5.82 Å². The van der Waals surface area contributed by atoms with Crippen LogP contribution in [0.3, 0.4) is 0 Å². The zero-order valence-electron chi connectivity index (χ0n) is 14.7. The van der Waals surface area contributed by atoms with Gasteiger partial charge in [0.2, 0.25) is 5.28 Å². The number of halogens is 1. The number of carboxylic acids is 1. The van der Waals surface area contributed by atoms with Gasteiger partial charge in [-0.1, -0.05) is 0 Å². The van der Waals surface area contributed by atoms with E-state index < -0.39 is 11.9 Å². The van der Waals surface area contributed by atoms with Gasteiger partial charge in [0.25, 0.3) is 5.91 Å². The average molecular weight is 390 g/mol. The third-order valence-electron chi connectivity index (χ3n) is 6.67. The topological polar surface area (TPSA) is 109 Å². The summed E-state index contributed by atoms with van der Waals surface area (Å²) >= 11 is 6.10. The second-order valence-corrected chi connectivity index (χ2v) is 8.16. The van der Waals surface area contributed by atoms with Gasteiger partial charge in [-0.15, -0.1) is 5.10 Å². The Kier molecular flexibility index (Phi) is 3.62. The summed E-state index contributed by atoms with van der Waals surface area (Å²) in [6.07, 6.45) is 3.18. The van der Waals surface area contributed by atoms with Gasteiger partial charge < -0.3 is 15.7 Å². The Morgan fingerprint density at radius 1 is 1.22 bits per heavy atom. The van der Waals surface area contributed by atoms with Crippen LogP contribution in [0.1, 0.15) is 29.8 Å². The third-order valence-corrected chi connectivity index (χ3v) is 6.83. The molecule has 2 unspecified atom stereocenters. The molecule has 6 rings (SSSR count). The molecular weight excluding hydrogens is 370 g/mol. The van der Waals surface area contributed by atoms with E-state index in [-0.39, 0.29) is 23.2 Å². The predicted octanol–water partition coefficient (Wildman–Crippen LogP) is 1.90. The molecule has 8 nitrogen and oxygen atoms in total. The van der Waals surface area contributed by atoms with Gasteiger partial charge in [-0.05, 0) is 66.7 Å². The van der Waals surface area contributed by atoms with Crippen molar-refractivity contribution in [3.05, 3.63) is 23.1 Å². The molecule has 2 bridgehead atoms. The highest BCUT2D eigenvalue weighted by atomic mass is 35.5. The molecule has 0 aromatic carbocycles. The van der Waals surface area contributed by atoms with Gasteiger partial charge in [0.15, 0.2) is 5.82 Å². The molecule has 142 valence electrons. The first-order valence-corrected chi connectivity index (χ1v) is 9.64. The molecule has 27 heavy (non-hydrogen) atoms. The number of carbonyl (C=O) groups is 2. The van der Waals surface area contributed by atoms with Crippen LogP contribution >= 0.6 is 11.6 Å². The zero-order valence-corrected chi connectivity index (χ0v) is 15.5. The lowest BCUT2D eigenvalue weighted by molar-refractivity contribution is -0.148. The van der Waals surface area contributed by atoms with Gasteiger partial charge in [0, 0.05) is 13.1 Å². The van der Waals surface area contributed by atoms with E-state index in [4.69, 9.17) is 11.6 Å². The fourth-order valence-corrected chi connectivity index (χ4v) is 5.69. The van der Waals surface area contributed by atoms with E-state index in [2.05, 4.69) is 20.7 Å². The largest absolute Gasteiger partial charge is 0.481 e. The number of fused-ring (bicyclic) bond motifs is 3. The summed E-state index contributed by atoms with van der Waals surface area (Å²) in [5.74, 6) is 0.797. The van der Waals surface area contributed by atoms with E-state index in [0.29, 0.717) is 34.8 Å². The highest BCUT2D eigenvalue weighted by Crippen LogP contribution is 2.64. The van der Waals surface area contributed by atoms with Crippen LogP contribution < -0.4 is 10.6 Å². The molecule has 0 spiro atoms. The van der Waals surface area contributed by atoms with Crippen molar-refractivity contribution in [3.63, 3.8) is 0 Å². The molecule has 0 radical (unpaired) electrons. The molecule has 9 heteroatoms. The SMILES string of the molecule is CNC(=O)c1ccc2c(N[C@@H]3[C@@H](C(=O)O)[C@H]4CC[C@@H]3C3CC34)nc(Cl)nn12. The molecule has 4 aliphatic carbocycles. The minimum absolute atomic E-state index is 0.00324. The molecule has 4 saturated carbocycles. The normalized spacial score (nSPS) is 33.6. The van der Waals surface area contributed by atoms with Crippen molar-refractivity contribution in [1.82, 2.24) is 19.9 Å². The second kappa shape index (κ2) is 5.82. The lowest BCUT2D eigenvalue weighted by Crippen LogP contribution is -2.52. The zero-order chi connectivity index (χ0) is 18.9. The fourth-order valence-electron chi connectivity index (χ4n) is 5.53. The van der Waals surface area contributed by atoms with Crippen molar-refractivity contribution in [3.8, 4) is 0 Å². The first-order chi connectivity index (χ1) is 13.0. The highest BCUT2D eigenvalue weighted by Gasteiger charge is 2.63. The molecule has 4 fully saturated rings. The number of anilines is 1. The van der Waals surface area contributed by atoms with E-state index in [0.717, 1.165) is 19.3 Å². The Hall–Kier alpha value is -2.35. The van der Waals surface area contributed by atoms with E-state index in [1.165, 1.54) is 4.52 Å². The number of hydrogen-bond acceptors (Lipinski definition) is 5. The van der Waals surface area contributed by atoms with Crippen LogP contribution in [0.25, 0.3) is 5.52 Å². The van der Waals surface area contributed by atoms with Crippen LogP contribution in [0.15, 0.2) is 12.1 Å². The Morgan fingerprint density at radius 2 is 1.96 bits per heavy atom. The number of amides is 1. The Bertz CT molecular complexity index is 960. The number of hydrogen-bond donors (Lipinski definition) is 3. The number of aliphatic carboxylic acids is 1. The number of rotatable bonds is 4. The molecule has 2 aromatic rings. The van der Waals surface area contributed by atoms with Crippen molar-refractivity contribution in [2.24, 2.45) is 29.6 Å². The molecule has 3 N–H and O–H groups in total. The lowest BCUT2D eigenvalue weighted by atomic mass is 9.61. The van der Waals surface area contributed by atoms with Crippen LogP contribution in [0.5, 0.6) is 0 Å². The van der Waals surface area contributed by atoms with Gasteiger partial charge >= 0.3 is 5.97 Å². The van der Waals surface area contributed by atoms with Crippen molar-refractivity contribution >= 4 is 34.8 Å². The fraction of sp³-hybridized carbons (Fsp3) is 0.556. The number of carbonyl (C=O) groups excluding carboxylic acids is 1. The van der Waals surface area contributed by atoms with Gasteiger partial charge in [-0.3, -0.25) is 9.59 Å². The summed E-state index contributed by atoms with van der Waals surface area (Å²) < 4.78 is 1.45. The second-order valence-electron chi connectivity index (χ2n) is 7.83. The Morgan fingerprint density at radius 3 is 2.70 bits per heavy atom. The molecule has 6 atom stereocenters. The summed E-state index contributed by atoms with van der Waals surface area (Å²) in [6.45, 7) is 0. The molecule has 0 saturated heterocycles. The molecule has 4 aliphatic rings. The molecule has 0 aliphatic heterocycles. The van der Waals surface area contributed by atoms with Crippen LogP contribution in [-0.4, -0.2) is 44.7 Å². The highest BCUT2D eigenvalue weighted by molar-refractivity contribution is 6.28. The van der Waals surface area contributed by atoms with Gasteiger partial charge in [-0.2, -0.15) is 4.98 Å². The summed E-state index contributed by atoms with van der Waals surface area (Å²) in [6, 6.07) is 3.22. The molecule has 2 heterocycles. The summed E-state index contributed by atoms with van der Waals surface area (Å²) in [7, 11) is 1.55. The predicted molar refractivity (Wildman–Crippen MR) is 97.7 cm³/mol. The van der Waals surface area contributed by atoms with Crippen molar-refractivity contribution in [2.75, 3.05) is 12.4 Å². The van der Waals surface area contributed by atoms with E-state index in [9.17, 15) is 14.7 Å². The monoisotopic (exact) mass is 389 g/mol. The number of nitrogens with zero attached hydrogens (tertiary/aromatic N) is 3. The van der Waals surface area contributed by atoms with E-state index in [1.807, 2.05) is 0 Å².